The molecule has 0 aliphatic rings. The molecule has 1 N–H and O–H groups in total. The zero-order valence-electron chi connectivity index (χ0n) is 8.00. The first-order valence-electron chi connectivity index (χ1n) is 4.24. The number of aromatic nitrogens is 2. The van der Waals surface area contributed by atoms with Crippen LogP contribution in [0.2, 0.25) is 0 Å². The number of pyridine rings is 1. The van der Waals surface area contributed by atoms with Gasteiger partial charge in [-0.2, -0.15) is 0 Å². The van der Waals surface area contributed by atoms with Gasteiger partial charge in [-0.3, -0.25) is 0 Å². The van der Waals surface area contributed by atoms with Gasteiger partial charge in [0.25, 0.3) is 0 Å². The predicted molar refractivity (Wildman–Crippen MR) is 52.2 cm³/mol. The lowest BCUT2D eigenvalue weighted by Crippen LogP contribution is -2.01. The largest absolute Gasteiger partial charge is 0.465 e. The topological polar surface area (TPSA) is 55.0 Å². The Hall–Kier alpha value is -1.84. The second kappa shape index (κ2) is 3.14. The molecule has 2 heterocycles. The SMILES string of the molecule is COC(=O)c1cnc2[nH]cc(C)c2c1. The van der Waals surface area contributed by atoms with Crippen molar-refractivity contribution in [1.29, 1.82) is 0 Å². The lowest BCUT2D eigenvalue weighted by Gasteiger charge is -1.98. The zero-order valence-corrected chi connectivity index (χ0v) is 8.00. The van der Waals surface area contributed by atoms with Crippen LogP contribution in [-0.4, -0.2) is 23.0 Å². The Bertz CT molecular complexity index is 488. The number of aromatic amines is 1. The van der Waals surface area contributed by atoms with Gasteiger partial charge in [0, 0.05) is 17.8 Å². The van der Waals surface area contributed by atoms with Gasteiger partial charge in [-0.1, -0.05) is 0 Å². The quantitative estimate of drug-likeness (QED) is 0.696. The van der Waals surface area contributed by atoms with E-state index in [0.29, 0.717) is 5.56 Å². The van der Waals surface area contributed by atoms with Crippen LogP contribution in [0.3, 0.4) is 0 Å². The van der Waals surface area contributed by atoms with Gasteiger partial charge in [0.2, 0.25) is 0 Å². The highest BCUT2D eigenvalue weighted by Gasteiger charge is 2.08. The number of hydrogen-bond acceptors (Lipinski definition) is 3. The number of H-pyrrole nitrogens is 1. The first kappa shape index (κ1) is 8.74. The fraction of sp³-hybridized carbons (Fsp3) is 0.200. The lowest BCUT2D eigenvalue weighted by molar-refractivity contribution is 0.0600. The van der Waals surface area contributed by atoms with Gasteiger partial charge >= 0.3 is 5.97 Å². The van der Waals surface area contributed by atoms with Crippen molar-refractivity contribution in [2.75, 3.05) is 7.11 Å². The Balaban J connectivity index is 2.60. The molecule has 2 aromatic rings. The molecule has 0 radical (unpaired) electrons. The lowest BCUT2D eigenvalue weighted by atomic mass is 10.2. The number of ether oxygens (including phenoxy) is 1. The Morgan fingerprint density at radius 2 is 2.36 bits per heavy atom. The first-order valence-corrected chi connectivity index (χ1v) is 4.24. The summed E-state index contributed by atoms with van der Waals surface area (Å²) in [7, 11) is 1.36. The van der Waals surface area contributed by atoms with Crippen LogP contribution >= 0.6 is 0 Å². The van der Waals surface area contributed by atoms with E-state index in [1.165, 1.54) is 13.3 Å². The van der Waals surface area contributed by atoms with E-state index in [2.05, 4.69) is 14.7 Å². The molecular weight excluding hydrogens is 180 g/mol. The summed E-state index contributed by atoms with van der Waals surface area (Å²) < 4.78 is 4.61. The minimum absolute atomic E-state index is 0.361. The number of nitrogens with zero attached hydrogens (tertiary/aromatic N) is 1. The average Bonchev–Trinajstić information content (AvgIpc) is 2.59. The summed E-state index contributed by atoms with van der Waals surface area (Å²) in [5.41, 5.74) is 2.33. The highest BCUT2D eigenvalue weighted by Crippen LogP contribution is 2.16. The number of rotatable bonds is 1. The molecule has 2 aromatic heterocycles. The van der Waals surface area contributed by atoms with Crippen molar-refractivity contribution in [3.8, 4) is 0 Å². The maximum Gasteiger partial charge on any atom is 0.339 e. The average molecular weight is 190 g/mol. The second-order valence-corrected chi connectivity index (χ2v) is 3.08. The number of aryl methyl sites for hydroxylation is 1. The van der Waals surface area contributed by atoms with Gasteiger partial charge in [-0.05, 0) is 18.6 Å². The summed E-state index contributed by atoms with van der Waals surface area (Å²) in [6.07, 6.45) is 3.36. The van der Waals surface area contributed by atoms with Crippen molar-refractivity contribution in [3.05, 3.63) is 29.6 Å². The predicted octanol–water partition coefficient (Wildman–Crippen LogP) is 1.66. The highest BCUT2D eigenvalue weighted by molar-refractivity contribution is 5.93. The van der Waals surface area contributed by atoms with Crippen molar-refractivity contribution in [2.24, 2.45) is 0 Å². The number of nitrogens with one attached hydrogen (secondary N) is 1. The second-order valence-electron chi connectivity index (χ2n) is 3.08. The molecule has 0 fully saturated rings. The van der Waals surface area contributed by atoms with Gasteiger partial charge < -0.3 is 9.72 Å². The summed E-state index contributed by atoms with van der Waals surface area (Å²) in [5.74, 6) is -0.361. The van der Waals surface area contributed by atoms with Crippen LogP contribution in [0.5, 0.6) is 0 Å². The molecule has 72 valence electrons. The third kappa shape index (κ3) is 1.25. The van der Waals surface area contributed by atoms with Crippen molar-refractivity contribution in [2.45, 2.75) is 6.92 Å². The minimum atomic E-state index is -0.361. The van der Waals surface area contributed by atoms with E-state index in [-0.39, 0.29) is 5.97 Å². The molecular formula is C10H10N2O2. The van der Waals surface area contributed by atoms with Crippen LogP contribution in [0, 0.1) is 6.92 Å². The summed E-state index contributed by atoms with van der Waals surface area (Å²) in [4.78, 5) is 18.3. The van der Waals surface area contributed by atoms with Crippen LogP contribution in [0.1, 0.15) is 15.9 Å². The van der Waals surface area contributed by atoms with Gasteiger partial charge in [0.15, 0.2) is 0 Å². The van der Waals surface area contributed by atoms with Crippen LogP contribution in [-0.2, 0) is 4.74 Å². The number of carbonyl (C=O) groups is 1. The summed E-state index contributed by atoms with van der Waals surface area (Å²) in [6, 6.07) is 1.78. The fourth-order valence-electron chi connectivity index (χ4n) is 1.36. The fourth-order valence-corrected chi connectivity index (χ4v) is 1.36. The van der Waals surface area contributed by atoms with Crippen molar-refractivity contribution in [3.63, 3.8) is 0 Å². The molecule has 14 heavy (non-hydrogen) atoms. The van der Waals surface area contributed by atoms with Crippen molar-refractivity contribution in [1.82, 2.24) is 9.97 Å². The number of fused-ring (bicyclic) bond motifs is 1. The smallest absolute Gasteiger partial charge is 0.339 e. The molecule has 2 rings (SSSR count). The van der Waals surface area contributed by atoms with E-state index < -0.39 is 0 Å². The van der Waals surface area contributed by atoms with Gasteiger partial charge in [-0.25, -0.2) is 9.78 Å². The van der Waals surface area contributed by atoms with E-state index in [9.17, 15) is 4.79 Å². The zero-order chi connectivity index (χ0) is 10.1. The van der Waals surface area contributed by atoms with Crippen molar-refractivity contribution >= 4 is 17.0 Å². The number of carbonyl (C=O) groups excluding carboxylic acids is 1. The van der Waals surface area contributed by atoms with Crippen LogP contribution in [0.25, 0.3) is 11.0 Å². The maximum absolute atomic E-state index is 11.2. The molecule has 4 heteroatoms. The summed E-state index contributed by atoms with van der Waals surface area (Å²) >= 11 is 0. The monoisotopic (exact) mass is 190 g/mol. The molecule has 0 saturated carbocycles. The number of methoxy groups -OCH3 is 1. The number of hydrogen-bond donors (Lipinski definition) is 1. The molecule has 0 aromatic carbocycles. The maximum atomic E-state index is 11.2. The third-order valence-electron chi connectivity index (χ3n) is 2.16. The molecule has 0 saturated heterocycles. The van der Waals surface area contributed by atoms with Crippen molar-refractivity contribution < 1.29 is 9.53 Å². The molecule has 4 nitrogen and oxygen atoms in total. The van der Waals surface area contributed by atoms with Crippen LogP contribution < -0.4 is 0 Å². The Morgan fingerprint density at radius 3 is 3.07 bits per heavy atom. The van der Waals surface area contributed by atoms with E-state index >= 15 is 0 Å². The third-order valence-corrected chi connectivity index (χ3v) is 2.16. The van der Waals surface area contributed by atoms with Gasteiger partial charge in [0.1, 0.15) is 5.65 Å². The molecule has 0 amide bonds. The molecule has 0 spiro atoms. The molecule has 0 aliphatic heterocycles. The Morgan fingerprint density at radius 1 is 1.57 bits per heavy atom. The van der Waals surface area contributed by atoms with Gasteiger partial charge in [-0.15, -0.1) is 0 Å². The Labute approximate surface area is 80.9 Å². The van der Waals surface area contributed by atoms with E-state index in [1.54, 1.807) is 6.07 Å². The minimum Gasteiger partial charge on any atom is -0.465 e. The van der Waals surface area contributed by atoms with E-state index in [1.807, 2.05) is 13.1 Å². The van der Waals surface area contributed by atoms with E-state index in [4.69, 9.17) is 0 Å². The van der Waals surface area contributed by atoms with Gasteiger partial charge in [0.05, 0.1) is 12.7 Å². The van der Waals surface area contributed by atoms with Crippen LogP contribution in [0.15, 0.2) is 18.5 Å². The normalized spacial score (nSPS) is 10.4. The highest BCUT2D eigenvalue weighted by atomic mass is 16.5. The Kier molecular flexibility index (Phi) is 1.96. The number of esters is 1. The van der Waals surface area contributed by atoms with Crippen LogP contribution in [0.4, 0.5) is 0 Å². The first-order chi connectivity index (χ1) is 6.72. The molecule has 0 bridgehead atoms. The standard InChI is InChI=1S/C10H10N2O2/c1-6-4-11-9-8(6)3-7(5-12-9)10(13)14-2/h3-5H,1-2H3,(H,11,12). The molecule has 0 atom stereocenters. The summed E-state index contributed by atoms with van der Waals surface area (Å²) in [5, 5.41) is 0.952. The van der Waals surface area contributed by atoms with E-state index in [0.717, 1.165) is 16.6 Å². The summed E-state index contributed by atoms with van der Waals surface area (Å²) in [6.45, 7) is 1.96. The molecule has 0 unspecified atom stereocenters. The molecule has 0 aliphatic carbocycles.